The van der Waals surface area contributed by atoms with Gasteiger partial charge >= 0.3 is 14.2 Å². The van der Waals surface area contributed by atoms with Crippen molar-refractivity contribution in [2.45, 2.75) is 130 Å². The highest BCUT2D eigenvalue weighted by Gasteiger charge is 2.53. The van der Waals surface area contributed by atoms with Crippen molar-refractivity contribution in [1.29, 1.82) is 0 Å². The Hall–Kier alpha value is -1.33. The van der Waals surface area contributed by atoms with Crippen LogP contribution >= 0.6 is 0 Å². The van der Waals surface area contributed by atoms with Gasteiger partial charge in [-0.15, -0.1) is 0 Å². The van der Waals surface area contributed by atoms with E-state index in [4.69, 9.17) is 18.6 Å². The van der Waals surface area contributed by atoms with Gasteiger partial charge in [-0.1, -0.05) is 51.0 Å². The molecular formula is C30H46B2O4. The van der Waals surface area contributed by atoms with E-state index in [0.29, 0.717) is 0 Å². The second-order valence-electron chi connectivity index (χ2n) is 12.8. The molecule has 0 radical (unpaired) electrons. The summed E-state index contributed by atoms with van der Waals surface area (Å²) in [7, 11) is -0.719. The standard InChI is InChI=1S/C30H46B2O4/c1-11-13-15-21-17-23(31-33-27(3,4)28(5,6)34-31)20-26-22(16-14-12-2)18-24(19-25(21)26)32-35-29(7,8)30(9,10)36-32/h17-20H,11-16H2,1-10H3. The number of hydrogen-bond acceptors (Lipinski definition) is 4. The highest BCUT2D eigenvalue weighted by molar-refractivity contribution is 6.63. The Bertz CT molecular complexity index is 987. The van der Waals surface area contributed by atoms with Crippen molar-refractivity contribution in [2.75, 3.05) is 0 Å². The molecule has 196 valence electrons. The third-order valence-electron chi connectivity index (χ3n) is 8.94. The van der Waals surface area contributed by atoms with Gasteiger partial charge in [-0.2, -0.15) is 0 Å². The smallest absolute Gasteiger partial charge is 0.399 e. The maximum atomic E-state index is 6.47. The fourth-order valence-corrected chi connectivity index (χ4v) is 5.04. The van der Waals surface area contributed by atoms with E-state index in [1.54, 1.807) is 0 Å². The first-order valence-corrected chi connectivity index (χ1v) is 14.0. The van der Waals surface area contributed by atoms with Crippen LogP contribution in [0, 0.1) is 0 Å². The average Bonchev–Trinajstić information content (AvgIpc) is 3.15. The van der Waals surface area contributed by atoms with E-state index in [-0.39, 0.29) is 36.6 Å². The average molecular weight is 492 g/mol. The molecule has 2 saturated heterocycles. The predicted octanol–water partition coefficient (Wildman–Crippen LogP) is 6.12. The molecule has 2 aromatic rings. The SMILES string of the molecule is CCCCc1cc(B2OC(C)(C)C(C)(C)O2)cc2c(CCCC)cc(B3OC(C)(C)C(C)(C)O3)cc12. The molecule has 2 heterocycles. The lowest BCUT2D eigenvalue weighted by molar-refractivity contribution is 0.00578. The number of unbranched alkanes of at least 4 members (excludes halogenated alkanes) is 2. The number of fused-ring (bicyclic) bond motifs is 1. The Kier molecular flexibility index (Phi) is 7.51. The van der Waals surface area contributed by atoms with Crippen LogP contribution < -0.4 is 10.9 Å². The first kappa shape index (κ1) is 27.7. The van der Waals surface area contributed by atoms with Gasteiger partial charge < -0.3 is 18.6 Å². The minimum atomic E-state index is -0.360. The molecule has 2 aliphatic rings. The monoisotopic (exact) mass is 492 g/mol. The predicted molar refractivity (Wildman–Crippen MR) is 153 cm³/mol. The summed E-state index contributed by atoms with van der Waals surface area (Å²) in [4.78, 5) is 0. The molecule has 4 rings (SSSR count). The summed E-state index contributed by atoms with van der Waals surface area (Å²) >= 11 is 0. The molecule has 0 unspecified atom stereocenters. The molecule has 0 aromatic heterocycles. The first-order chi connectivity index (χ1) is 16.7. The molecule has 2 fully saturated rings. The maximum Gasteiger partial charge on any atom is 0.494 e. The van der Waals surface area contributed by atoms with Crippen LogP contribution in [0.3, 0.4) is 0 Å². The molecule has 0 aliphatic carbocycles. The second kappa shape index (κ2) is 9.76. The van der Waals surface area contributed by atoms with Crippen LogP contribution in [0.1, 0.15) is 106 Å². The largest absolute Gasteiger partial charge is 0.494 e. The Morgan fingerprint density at radius 3 is 1.11 bits per heavy atom. The molecule has 36 heavy (non-hydrogen) atoms. The summed E-state index contributed by atoms with van der Waals surface area (Å²) in [5.74, 6) is 0. The molecule has 0 amide bonds. The number of hydrogen-bond donors (Lipinski definition) is 0. The summed E-state index contributed by atoms with van der Waals surface area (Å²) in [5.41, 5.74) is 3.51. The van der Waals surface area contributed by atoms with Crippen molar-refractivity contribution >= 4 is 35.9 Å². The van der Waals surface area contributed by atoms with E-state index < -0.39 is 0 Å². The van der Waals surface area contributed by atoms with Crippen LogP contribution in [0.5, 0.6) is 0 Å². The van der Waals surface area contributed by atoms with Crippen molar-refractivity contribution in [1.82, 2.24) is 0 Å². The lowest BCUT2D eigenvalue weighted by Crippen LogP contribution is -2.41. The summed E-state index contributed by atoms with van der Waals surface area (Å²) in [6.07, 6.45) is 6.66. The van der Waals surface area contributed by atoms with E-state index in [1.165, 1.54) is 21.9 Å². The van der Waals surface area contributed by atoms with Gasteiger partial charge in [0.15, 0.2) is 0 Å². The van der Waals surface area contributed by atoms with Crippen LogP contribution in [-0.2, 0) is 31.5 Å². The molecular weight excluding hydrogens is 446 g/mol. The number of aryl methyl sites for hydroxylation is 2. The van der Waals surface area contributed by atoms with Gasteiger partial charge in [0.2, 0.25) is 0 Å². The zero-order valence-corrected chi connectivity index (χ0v) is 24.3. The fourth-order valence-electron chi connectivity index (χ4n) is 5.04. The van der Waals surface area contributed by atoms with E-state index in [0.717, 1.165) is 49.5 Å². The maximum absolute atomic E-state index is 6.47. The third-order valence-corrected chi connectivity index (χ3v) is 8.94. The van der Waals surface area contributed by atoms with Gasteiger partial charge in [-0.25, -0.2) is 0 Å². The van der Waals surface area contributed by atoms with Crippen molar-refractivity contribution < 1.29 is 18.6 Å². The molecule has 0 spiro atoms. The summed E-state index contributed by atoms with van der Waals surface area (Å²) < 4.78 is 25.9. The summed E-state index contributed by atoms with van der Waals surface area (Å²) in [6.45, 7) is 21.5. The Morgan fingerprint density at radius 2 is 0.833 bits per heavy atom. The lowest BCUT2D eigenvalue weighted by atomic mass is 9.73. The molecule has 0 bridgehead atoms. The van der Waals surface area contributed by atoms with E-state index in [9.17, 15) is 0 Å². The van der Waals surface area contributed by atoms with Gasteiger partial charge in [-0.3, -0.25) is 0 Å². The van der Waals surface area contributed by atoms with Gasteiger partial charge in [0.05, 0.1) is 22.4 Å². The lowest BCUT2D eigenvalue weighted by Gasteiger charge is -2.32. The number of rotatable bonds is 8. The summed E-state index contributed by atoms with van der Waals surface area (Å²) in [6, 6.07) is 9.26. The second-order valence-corrected chi connectivity index (χ2v) is 12.8. The molecule has 6 heteroatoms. The van der Waals surface area contributed by atoms with Crippen LogP contribution in [0.25, 0.3) is 10.8 Å². The molecule has 2 aromatic carbocycles. The molecule has 0 atom stereocenters. The van der Waals surface area contributed by atoms with Crippen LogP contribution in [0.4, 0.5) is 0 Å². The molecule has 0 saturated carbocycles. The van der Waals surface area contributed by atoms with Crippen molar-refractivity contribution in [3.05, 3.63) is 35.4 Å². The highest BCUT2D eigenvalue weighted by atomic mass is 16.7. The van der Waals surface area contributed by atoms with Crippen molar-refractivity contribution in [3.63, 3.8) is 0 Å². The van der Waals surface area contributed by atoms with E-state index >= 15 is 0 Å². The van der Waals surface area contributed by atoms with E-state index in [2.05, 4.69) is 93.5 Å². The van der Waals surface area contributed by atoms with Crippen molar-refractivity contribution in [3.8, 4) is 0 Å². The molecule has 0 N–H and O–H groups in total. The Balaban J connectivity index is 1.85. The van der Waals surface area contributed by atoms with Gasteiger partial charge in [-0.05, 0) is 114 Å². The zero-order chi connectivity index (χ0) is 26.5. The van der Waals surface area contributed by atoms with Crippen LogP contribution in [0.2, 0.25) is 0 Å². The molecule has 2 aliphatic heterocycles. The van der Waals surface area contributed by atoms with Crippen molar-refractivity contribution in [2.24, 2.45) is 0 Å². The molecule has 4 nitrogen and oxygen atoms in total. The first-order valence-electron chi connectivity index (χ1n) is 14.0. The highest BCUT2D eigenvalue weighted by Crippen LogP contribution is 2.38. The van der Waals surface area contributed by atoms with Gasteiger partial charge in [0.1, 0.15) is 0 Å². The topological polar surface area (TPSA) is 36.9 Å². The Morgan fingerprint density at radius 1 is 0.528 bits per heavy atom. The van der Waals surface area contributed by atoms with E-state index in [1.807, 2.05) is 0 Å². The quantitative estimate of drug-likeness (QED) is 0.416. The van der Waals surface area contributed by atoms with Crippen LogP contribution in [0.15, 0.2) is 24.3 Å². The third kappa shape index (κ3) is 5.04. The van der Waals surface area contributed by atoms with Crippen LogP contribution in [-0.4, -0.2) is 36.6 Å². The van der Waals surface area contributed by atoms with Gasteiger partial charge in [0, 0.05) is 0 Å². The summed E-state index contributed by atoms with van der Waals surface area (Å²) in [5, 5.41) is 2.61. The minimum Gasteiger partial charge on any atom is -0.399 e. The minimum absolute atomic E-state index is 0.359. The number of benzene rings is 2. The zero-order valence-electron chi connectivity index (χ0n) is 24.3. The van der Waals surface area contributed by atoms with Gasteiger partial charge in [0.25, 0.3) is 0 Å². The fraction of sp³-hybridized carbons (Fsp3) is 0.667. The Labute approximate surface area is 220 Å². The normalized spacial score (nSPS) is 22.1.